The first-order valence-corrected chi connectivity index (χ1v) is 7.33. The molecule has 2 saturated heterocycles. The van der Waals surface area contributed by atoms with Gasteiger partial charge in [-0.05, 0) is 0 Å². The van der Waals surface area contributed by atoms with Gasteiger partial charge in [-0.3, -0.25) is 0 Å². The number of ether oxygens (including phenoxy) is 4. The Balaban J connectivity index is 2.10. The van der Waals surface area contributed by atoms with E-state index in [1.54, 1.807) is 0 Å². The standard InChI is InChI=1S/C13H24O10/c1-20-7-4-21-6(3-15)12(9(7)17)23-13-11(19)10(18)8(16)5(2-14)22-13/h5-19H,2-4H2,1H3/t5?,6?,7?,8-,9?,10?,11?,12-,13-/m1/s1. The van der Waals surface area contributed by atoms with Crippen molar-refractivity contribution in [2.45, 2.75) is 55.1 Å². The van der Waals surface area contributed by atoms with Crippen LogP contribution in [0.3, 0.4) is 0 Å². The summed E-state index contributed by atoms with van der Waals surface area (Å²) in [6, 6.07) is 0. The normalized spacial score (nSPS) is 48.4. The predicted octanol–water partition coefficient (Wildman–Crippen LogP) is -4.06. The van der Waals surface area contributed by atoms with Crippen molar-refractivity contribution in [2.24, 2.45) is 0 Å². The molecule has 2 aliphatic heterocycles. The Morgan fingerprint density at radius 1 is 0.913 bits per heavy atom. The van der Waals surface area contributed by atoms with Crippen molar-refractivity contribution in [3.63, 3.8) is 0 Å². The van der Waals surface area contributed by atoms with E-state index in [-0.39, 0.29) is 6.61 Å². The predicted molar refractivity (Wildman–Crippen MR) is 72.3 cm³/mol. The van der Waals surface area contributed by atoms with Gasteiger partial charge in [-0.2, -0.15) is 0 Å². The van der Waals surface area contributed by atoms with Gasteiger partial charge in [0.25, 0.3) is 0 Å². The van der Waals surface area contributed by atoms with Crippen LogP contribution in [0.5, 0.6) is 0 Å². The van der Waals surface area contributed by atoms with Gasteiger partial charge in [0.1, 0.15) is 48.8 Å². The summed E-state index contributed by atoms with van der Waals surface area (Å²) in [7, 11) is 1.38. The van der Waals surface area contributed by atoms with Gasteiger partial charge in [0.05, 0.1) is 19.8 Å². The number of aliphatic hydroxyl groups is 6. The Hall–Kier alpha value is -0.400. The number of rotatable bonds is 5. The maximum Gasteiger partial charge on any atom is 0.187 e. The van der Waals surface area contributed by atoms with E-state index in [9.17, 15) is 25.5 Å². The summed E-state index contributed by atoms with van der Waals surface area (Å²) in [5.41, 5.74) is 0. The van der Waals surface area contributed by atoms with Crippen LogP contribution >= 0.6 is 0 Å². The molecule has 0 aromatic carbocycles. The topological polar surface area (TPSA) is 158 Å². The summed E-state index contributed by atoms with van der Waals surface area (Å²) in [5.74, 6) is 0. The highest BCUT2D eigenvalue weighted by Gasteiger charge is 2.48. The second kappa shape index (κ2) is 8.12. The summed E-state index contributed by atoms with van der Waals surface area (Å²) in [4.78, 5) is 0. The molecule has 136 valence electrons. The third-order valence-corrected chi connectivity index (χ3v) is 4.18. The molecule has 9 atom stereocenters. The molecule has 0 aromatic rings. The highest BCUT2D eigenvalue weighted by atomic mass is 16.7. The van der Waals surface area contributed by atoms with Crippen molar-refractivity contribution in [1.29, 1.82) is 0 Å². The van der Waals surface area contributed by atoms with E-state index >= 15 is 0 Å². The van der Waals surface area contributed by atoms with Gasteiger partial charge in [0.15, 0.2) is 6.29 Å². The summed E-state index contributed by atoms with van der Waals surface area (Å²) >= 11 is 0. The molecule has 0 aromatic heterocycles. The van der Waals surface area contributed by atoms with Crippen molar-refractivity contribution in [1.82, 2.24) is 0 Å². The van der Waals surface area contributed by atoms with Crippen molar-refractivity contribution < 1.29 is 49.6 Å². The lowest BCUT2D eigenvalue weighted by Gasteiger charge is -2.44. The van der Waals surface area contributed by atoms with Gasteiger partial charge in [0, 0.05) is 7.11 Å². The first-order valence-electron chi connectivity index (χ1n) is 7.33. The zero-order chi connectivity index (χ0) is 17.1. The second-order valence-corrected chi connectivity index (χ2v) is 5.62. The lowest BCUT2D eigenvalue weighted by Crippen LogP contribution is -2.63. The maximum absolute atomic E-state index is 10.2. The average molecular weight is 340 g/mol. The Bertz CT molecular complexity index is 367. The average Bonchev–Trinajstić information content (AvgIpc) is 2.56. The van der Waals surface area contributed by atoms with Crippen molar-refractivity contribution in [3.05, 3.63) is 0 Å². The minimum atomic E-state index is -1.61. The lowest BCUT2D eigenvalue weighted by molar-refractivity contribution is -0.337. The first kappa shape index (κ1) is 18.9. The smallest absolute Gasteiger partial charge is 0.187 e. The molecule has 6 N–H and O–H groups in total. The van der Waals surface area contributed by atoms with Crippen molar-refractivity contribution in [3.8, 4) is 0 Å². The Labute approximate surface area is 132 Å². The molecule has 0 spiro atoms. The van der Waals surface area contributed by atoms with Gasteiger partial charge in [-0.15, -0.1) is 0 Å². The first-order chi connectivity index (χ1) is 10.9. The van der Waals surface area contributed by atoms with E-state index in [0.717, 1.165) is 0 Å². The summed E-state index contributed by atoms with van der Waals surface area (Å²) < 4.78 is 21.1. The van der Waals surface area contributed by atoms with Gasteiger partial charge < -0.3 is 49.6 Å². The van der Waals surface area contributed by atoms with Crippen molar-refractivity contribution in [2.75, 3.05) is 26.9 Å². The van der Waals surface area contributed by atoms with Crippen LogP contribution in [0.4, 0.5) is 0 Å². The van der Waals surface area contributed by atoms with Crippen LogP contribution < -0.4 is 0 Å². The minimum Gasteiger partial charge on any atom is -0.394 e. The Kier molecular flexibility index (Phi) is 6.68. The van der Waals surface area contributed by atoms with E-state index in [1.807, 2.05) is 0 Å². The van der Waals surface area contributed by atoms with Crippen LogP contribution in [0.2, 0.25) is 0 Å². The molecule has 6 unspecified atom stereocenters. The molecule has 0 saturated carbocycles. The molecule has 23 heavy (non-hydrogen) atoms. The third-order valence-electron chi connectivity index (χ3n) is 4.18. The molecule has 0 aliphatic carbocycles. The molecule has 2 heterocycles. The van der Waals surface area contributed by atoms with Crippen LogP contribution in [0.1, 0.15) is 0 Å². The molecule has 2 aliphatic rings. The molecule has 0 bridgehead atoms. The molecule has 0 amide bonds. The highest BCUT2D eigenvalue weighted by Crippen LogP contribution is 2.27. The summed E-state index contributed by atoms with van der Waals surface area (Å²) in [6.45, 7) is -0.994. The van der Waals surface area contributed by atoms with E-state index in [0.29, 0.717) is 0 Å². The van der Waals surface area contributed by atoms with Gasteiger partial charge in [-0.1, -0.05) is 0 Å². The largest absolute Gasteiger partial charge is 0.394 e. The Morgan fingerprint density at radius 3 is 2.13 bits per heavy atom. The lowest BCUT2D eigenvalue weighted by atomic mass is 9.97. The molecule has 10 heteroatoms. The summed E-state index contributed by atoms with van der Waals surface area (Å²) in [6.07, 6.45) is -11.1. The van der Waals surface area contributed by atoms with Crippen LogP contribution in [0.15, 0.2) is 0 Å². The van der Waals surface area contributed by atoms with Gasteiger partial charge >= 0.3 is 0 Å². The van der Waals surface area contributed by atoms with Crippen LogP contribution in [-0.4, -0.2) is 113 Å². The molecule has 2 rings (SSSR count). The molecule has 2 fully saturated rings. The highest BCUT2D eigenvalue weighted by molar-refractivity contribution is 4.93. The van der Waals surface area contributed by atoms with E-state index in [2.05, 4.69) is 0 Å². The number of hydrogen-bond acceptors (Lipinski definition) is 10. The minimum absolute atomic E-state index is 0.0530. The number of methoxy groups -OCH3 is 1. The van der Waals surface area contributed by atoms with E-state index in [1.165, 1.54) is 7.11 Å². The monoisotopic (exact) mass is 340 g/mol. The Morgan fingerprint density at radius 2 is 1.57 bits per heavy atom. The van der Waals surface area contributed by atoms with E-state index < -0.39 is 68.3 Å². The van der Waals surface area contributed by atoms with Crippen molar-refractivity contribution >= 4 is 0 Å². The SMILES string of the molecule is COC1COC(CO)[C@@H](O[C@H]2OC(CO)[C@@H](O)C(O)C2O)C1O. The van der Waals surface area contributed by atoms with E-state index in [4.69, 9.17) is 24.1 Å². The zero-order valence-electron chi connectivity index (χ0n) is 12.6. The second-order valence-electron chi connectivity index (χ2n) is 5.62. The van der Waals surface area contributed by atoms with Crippen LogP contribution in [0, 0.1) is 0 Å². The molecule has 10 nitrogen and oxygen atoms in total. The fourth-order valence-corrected chi connectivity index (χ4v) is 2.71. The van der Waals surface area contributed by atoms with Gasteiger partial charge in [0.2, 0.25) is 0 Å². The van der Waals surface area contributed by atoms with Crippen LogP contribution in [-0.2, 0) is 18.9 Å². The molecular formula is C13H24O10. The maximum atomic E-state index is 10.2. The number of hydrogen-bond donors (Lipinski definition) is 6. The third kappa shape index (κ3) is 3.82. The van der Waals surface area contributed by atoms with Gasteiger partial charge in [-0.25, -0.2) is 0 Å². The number of aliphatic hydroxyl groups excluding tert-OH is 6. The zero-order valence-corrected chi connectivity index (χ0v) is 12.6. The quantitative estimate of drug-likeness (QED) is 0.291. The fraction of sp³-hybridized carbons (Fsp3) is 1.00. The summed E-state index contributed by atoms with van der Waals surface area (Å²) in [5, 5.41) is 58.2. The molecule has 0 radical (unpaired) electrons. The molecular weight excluding hydrogens is 316 g/mol. The fourth-order valence-electron chi connectivity index (χ4n) is 2.71. The van der Waals surface area contributed by atoms with Crippen LogP contribution in [0.25, 0.3) is 0 Å².